The van der Waals surface area contributed by atoms with E-state index in [1.54, 1.807) is 18.2 Å². The lowest BCUT2D eigenvalue weighted by atomic mass is 10.0. The van der Waals surface area contributed by atoms with Crippen LogP contribution in [0.3, 0.4) is 0 Å². The summed E-state index contributed by atoms with van der Waals surface area (Å²) in [5, 5.41) is 9.92. The number of unbranched alkanes of at least 4 members (excludes halogenated alkanes) is 5. The van der Waals surface area contributed by atoms with E-state index in [1.807, 2.05) is 12.1 Å². The van der Waals surface area contributed by atoms with Crippen LogP contribution in [-0.4, -0.2) is 17.1 Å². The van der Waals surface area contributed by atoms with Gasteiger partial charge in [0.15, 0.2) is 0 Å². The third kappa shape index (κ3) is 10.6. The van der Waals surface area contributed by atoms with E-state index in [4.69, 9.17) is 44.8 Å². The Hall–Kier alpha value is -0.193. The van der Waals surface area contributed by atoms with Crippen molar-refractivity contribution in [2.75, 3.05) is 0 Å². The lowest BCUT2D eigenvalue weighted by molar-refractivity contribution is -0.132. The lowest BCUT2D eigenvalue weighted by Gasteiger charge is -2.07. The molecule has 0 atom stereocenters. The number of hydrogen-bond donors (Lipinski definition) is 1. The second-order valence-corrected chi connectivity index (χ2v) is 15.5. The van der Waals surface area contributed by atoms with Crippen LogP contribution in [0.5, 0.6) is 0 Å². The fourth-order valence-corrected chi connectivity index (χ4v) is 4.44. The van der Waals surface area contributed by atoms with Gasteiger partial charge >= 0.3 is 12.0 Å². The molecular weight excluding hydrogens is 406 g/mol. The van der Waals surface area contributed by atoms with Gasteiger partial charge in [-0.15, -0.1) is 33.2 Å². The van der Waals surface area contributed by atoms with E-state index in [2.05, 4.69) is 0 Å². The smallest absolute Gasteiger partial charge is 0.341 e. The zero-order chi connectivity index (χ0) is 18.0. The molecule has 24 heavy (non-hydrogen) atoms. The van der Waals surface area contributed by atoms with E-state index in [0.29, 0.717) is 23.1 Å². The Bertz CT molecular complexity index is 556. The first-order valence-corrected chi connectivity index (χ1v) is 13.7. The zero-order valence-corrected chi connectivity index (χ0v) is 17.4. The van der Waals surface area contributed by atoms with Crippen molar-refractivity contribution in [1.82, 2.24) is 0 Å². The normalized spacial score (nSPS) is 12.4. The van der Waals surface area contributed by atoms with Crippen LogP contribution < -0.4 is 0 Å². The van der Waals surface area contributed by atoms with Crippen LogP contribution in [0.25, 0.3) is 6.08 Å². The van der Waals surface area contributed by atoms with Crippen molar-refractivity contribution in [2.24, 2.45) is 0 Å². The summed E-state index contributed by atoms with van der Waals surface area (Å²) in [5.41, 5.74) is 1.23. The van der Waals surface area contributed by atoms with Crippen LogP contribution in [0.2, 0.25) is 11.1 Å². The maximum absolute atomic E-state index is 11.4. The molecule has 0 unspecified atom stereocenters. The van der Waals surface area contributed by atoms with Gasteiger partial charge in [0.2, 0.25) is 0 Å². The summed E-state index contributed by atoms with van der Waals surface area (Å²) in [6.07, 6.45) is 8.30. The zero-order valence-electron chi connectivity index (χ0n) is 13.4. The Kier molecular flexibility index (Phi) is 10.4. The second-order valence-electron chi connectivity index (χ2n) is 5.77. The van der Waals surface area contributed by atoms with Crippen LogP contribution >= 0.6 is 44.8 Å². The summed E-state index contributed by atoms with van der Waals surface area (Å²) in [5.74, 6) is -0.873. The highest BCUT2D eigenvalue weighted by Crippen LogP contribution is 2.27. The molecule has 0 heterocycles. The number of carbonyl (C=O) groups is 1. The maximum atomic E-state index is 11.4. The van der Waals surface area contributed by atoms with Crippen molar-refractivity contribution in [3.05, 3.63) is 40.4 Å². The Balaban J connectivity index is 2.29. The van der Waals surface area contributed by atoms with Crippen LogP contribution in [-0.2, 0) is 4.79 Å². The summed E-state index contributed by atoms with van der Waals surface area (Å²) in [4.78, 5) is 11.4. The van der Waals surface area contributed by atoms with Gasteiger partial charge in [-0.1, -0.05) is 55.8 Å². The van der Waals surface area contributed by atoms with Crippen molar-refractivity contribution in [2.45, 2.75) is 51.0 Å². The molecule has 1 aromatic rings. The largest absolute Gasteiger partial charge is 0.478 e. The van der Waals surface area contributed by atoms with Gasteiger partial charge < -0.3 is 5.11 Å². The Morgan fingerprint density at radius 3 is 2.25 bits per heavy atom. The quantitative estimate of drug-likeness (QED) is 0.175. The number of aliphatic carboxylic acids is 1. The van der Waals surface area contributed by atoms with E-state index in [0.717, 1.165) is 44.1 Å². The van der Waals surface area contributed by atoms with Crippen molar-refractivity contribution in [3.63, 3.8) is 0 Å². The lowest BCUT2D eigenvalue weighted by Crippen LogP contribution is -2.07. The molecule has 0 fully saturated rings. The van der Waals surface area contributed by atoms with Crippen LogP contribution in [0.15, 0.2) is 29.8 Å². The van der Waals surface area contributed by atoms with Crippen LogP contribution in [0, 0.1) is 0 Å². The topological polar surface area (TPSA) is 37.3 Å². The van der Waals surface area contributed by atoms with E-state index in [9.17, 15) is 9.90 Å². The van der Waals surface area contributed by atoms with Crippen molar-refractivity contribution in [1.29, 1.82) is 0 Å². The molecule has 0 radical (unpaired) electrons. The number of carboxylic acid groups (broad SMARTS) is 1. The van der Waals surface area contributed by atoms with Gasteiger partial charge in [0, 0.05) is 10.6 Å². The number of rotatable bonds is 11. The van der Waals surface area contributed by atoms with Gasteiger partial charge in [0.25, 0.3) is 0 Å². The first-order chi connectivity index (χ1) is 11.3. The number of carboxylic acids is 1. The number of benzene rings is 1. The Labute approximate surface area is 163 Å². The summed E-state index contributed by atoms with van der Waals surface area (Å²) < 4.78 is 0. The minimum Gasteiger partial charge on any atom is -0.478 e. The molecule has 0 aliphatic heterocycles. The molecule has 0 saturated heterocycles. The molecule has 0 aliphatic rings. The van der Waals surface area contributed by atoms with E-state index in [1.165, 1.54) is 0 Å². The van der Waals surface area contributed by atoms with Crippen molar-refractivity contribution >= 4 is 62.9 Å². The number of halogens is 4. The molecule has 0 amide bonds. The number of hydrogen-bond acceptors (Lipinski definition) is 1. The molecule has 0 aromatic heterocycles. The predicted molar refractivity (Wildman–Crippen MR) is 108 cm³/mol. The van der Waals surface area contributed by atoms with Crippen LogP contribution in [0.4, 0.5) is 0 Å². The minimum atomic E-state index is -2.47. The van der Waals surface area contributed by atoms with Crippen LogP contribution in [0.1, 0.15) is 50.5 Å². The summed E-state index contributed by atoms with van der Waals surface area (Å²) in [6, 6.07) is 5.44. The van der Waals surface area contributed by atoms with E-state index < -0.39 is 12.0 Å². The highest BCUT2D eigenvalue weighted by molar-refractivity contribution is 7.64. The average molecular weight is 428 g/mol. The highest BCUT2D eigenvalue weighted by Gasteiger charge is 2.23. The predicted octanol–water partition coefficient (Wildman–Crippen LogP) is 7.19. The third-order valence-electron chi connectivity index (χ3n) is 3.62. The van der Waals surface area contributed by atoms with Gasteiger partial charge in [-0.05, 0) is 42.7 Å². The highest BCUT2D eigenvalue weighted by atomic mass is 35.8. The van der Waals surface area contributed by atoms with Gasteiger partial charge in [-0.25, -0.2) is 4.79 Å². The molecule has 0 aliphatic carbocycles. The van der Waals surface area contributed by atoms with Gasteiger partial charge in [0.05, 0.1) is 0 Å². The van der Waals surface area contributed by atoms with E-state index in [-0.39, 0.29) is 0 Å². The molecule has 1 N–H and O–H groups in total. The fraction of sp³-hybridized carbons (Fsp3) is 0.471. The molecule has 0 saturated carbocycles. The molecule has 2 nitrogen and oxygen atoms in total. The third-order valence-corrected chi connectivity index (χ3v) is 6.48. The maximum Gasteiger partial charge on any atom is 0.341 e. The van der Waals surface area contributed by atoms with Crippen molar-refractivity contribution < 1.29 is 9.90 Å². The van der Waals surface area contributed by atoms with Gasteiger partial charge in [-0.3, -0.25) is 0 Å². The molecule has 0 bridgehead atoms. The fourth-order valence-electron chi connectivity index (χ4n) is 2.39. The Morgan fingerprint density at radius 1 is 1.04 bits per heavy atom. The molecule has 0 spiro atoms. The molecule has 1 rings (SSSR count). The van der Waals surface area contributed by atoms with Gasteiger partial charge in [0.1, 0.15) is 0 Å². The van der Waals surface area contributed by atoms with E-state index >= 15 is 0 Å². The minimum absolute atomic E-state index is 0.416. The molecule has 134 valence electrons. The molecular formula is C17H22Cl4O2Si. The SMILES string of the molecule is O=C(O)/C(=C/c1cccc(Cl)c1)CCCCCCCC[Si](Cl)(Cl)Cl. The molecule has 1 aromatic carbocycles. The Morgan fingerprint density at radius 2 is 1.67 bits per heavy atom. The summed E-state index contributed by atoms with van der Waals surface area (Å²) in [6.45, 7) is 0. The van der Waals surface area contributed by atoms with Crippen molar-refractivity contribution in [3.8, 4) is 0 Å². The van der Waals surface area contributed by atoms with Gasteiger partial charge in [-0.2, -0.15) is 0 Å². The first-order valence-electron chi connectivity index (χ1n) is 8.04. The first kappa shape index (κ1) is 21.8. The molecule has 7 heteroatoms. The standard InChI is InChI=1S/C17H22Cl4O2Si/c18-16-10-7-8-14(13-16)12-15(17(22)23)9-5-3-1-2-4-6-11-24(19,20)21/h7-8,10,12-13H,1-6,9,11H2,(H,22,23)/b15-12+. The average Bonchev–Trinajstić information content (AvgIpc) is 2.47. The summed E-state index contributed by atoms with van der Waals surface area (Å²) in [7, 11) is 0. The second kappa shape index (κ2) is 11.4. The summed E-state index contributed by atoms with van der Waals surface area (Å²) >= 11 is 23.4. The monoisotopic (exact) mass is 426 g/mol.